The SMILES string of the molecule is CC1=CC(=O)[C@H](O)[C@]2(C)[C@H]3C(=O)OC[C@@]34[C@@H](C[C@@H]12)OC(=O)[C@H](C)[C@@H]4CC(=O)O. The van der Waals surface area contributed by atoms with Crippen molar-refractivity contribution < 1.29 is 38.9 Å². The highest BCUT2D eigenvalue weighted by molar-refractivity contribution is 5.97. The summed E-state index contributed by atoms with van der Waals surface area (Å²) in [5.74, 6) is -5.35. The number of rotatable bonds is 2. The van der Waals surface area contributed by atoms with Gasteiger partial charge in [-0.2, -0.15) is 0 Å². The van der Waals surface area contributed by atoms with Crippen LogP contribution in [-0.4, -0.2) is 52.7 Å². The van der Waals surface area contributed by atoms with Crippen molar-refractivity contribution in [3.8, 4) is 0 Å². The number of hydrogen-bond donors (Lipinski definition) is 2. The Bertz CT molecular complexity index is 815. The van der Waals surface area contributed by atoms with E-state index in [1.54, 1.807) is 20.8 Å². The minimum Gasteiger partial charge on any atom is -0.481 e. The average Bonchev–Trinajstić information content (AvgIpc) is 2.97. The molecule has 0 amide bonds. The van der Waals surface area contributed by atoms with Crippen molar-refractivity contribution in [2.24, 2.45) is 34.5 Å². The molecule has 1 saturated carbocycles. The molecule has 2 heterocycles. The quantitative estimate of drug-likeness (QED) is 0.658. The summed E-state index contributed by atoms with van der Waals surface area (Å²) in [4.78, 5) is 49.5. The predicted molar refractivity (Wildman–Crippen MR) is 92.7 cm³/mol. The number of hydrogen-bond acceptors (Lipinski definition) is 7. The van der Waals surface area contributed by atoms with Crippen LogP contribution in [0.4, 0.5) is 0 Å². The Morgan fingerprint density at radius 1 is 1.29 bits per heavy atom. The molecule has 0 unspecified atom stereocenters. The number of esters is 2. The molecule has 8 heteroatoms. The number of cyclic esters (lactones) is 1. The number of carbonyl (C=O) groups is 4. The minimum absolute atomic E-state index is 0.0806. The smallest absolute Gasteiger partial charge is 0.310 e. The first-order valence-electron chi connectivity index (χ1n) is 9.54. The molecule has 0 aromatic carbocycles. The van der Waals surface area contributed by atoms with E-state index in [4.69, 9.17) is 9.47 Å². The number of aliphatic carboxylic acids is 1. The van der Waals surface area contributed by atoms with Gasteiger partial charge >= 0.3 is 17.9 Å². The van der Waals surface area contributed by atoms with E-state index >= 15 is 0 Å². The van der Waals surface area contributed by atoms with Crippen LogP contribution in [0.25, 0.3) is 0 Å². The third-order valence-corrected chi connectivity index (χ3v) is 7.76. The van der Waals surface area contributed by atoms with E-state index in [1.807, 2.05) is 0 Å². The van der Waals surface area contributed by atoms with Crippen molar-refractivity contribution in [3.63, 3.8) is 0 Å². The molecule has 0 radical (unpaired) electrons. The maximum atomic E-state index is 12.9. The predicted octanol–water partition coefficient (Wildman–Crippen LogP) is 0.714. The third kappa shape index (κ3) is 2.15. The molecule has 2 aliphatic heterocycles. The second kappa shape index (κ2) is 5.89. The van der Waals surface area contributed by atoms with Crippen LogP contribution in [0, 0.1) is 34.5 Å². The molecule has 2 N–H and O–H groups in total. The Hall–Kier alpha value is -2.22. The van der Waals surface area contributed by atoms with Gasteiger partial charge in [-0.05, 0) is 31.3 Å². The number of aliphatic hydroxyl groups excluding tert-OH is 1. The van der Waals surface area contributed by atoms with E-state index in [-0.39, 0.29) is 18.9 Å². The van der Waals surface area contributed by atoms with Crippen molar-refractivity contribution in [2.75, 3.05) is 6.61 Å². The van der Waals surface area contributed by atoms with Crippen LogP contribution in [0.2, 0.25) is 0 Å². The molecule has 28 heavy (non-hydrogen) atoms. The van der Waals surface area contributed by atoms with Crippen LogP contribution in [-0.2, 0) is 28.7 Å². The summed E-state index contributed by atoms with van der Waals surface area (Å²) in [7, 11) is 0. The fourth-order valence-electron chi connectivity index (χ4n) is 6.47. The largest absolute Gasteiger partial charge is 0.481 e. The lowest BCUT2D eigenvalue weighted by atomic mass is 9.42. The first-order valence-corrected chi connectivity index (χ1v) is 9.54. The zero-order valence-corrected chi connectivity index (χ0v) is 16.0. The monoisotopic (exact) mass is 392 g/mol. The van der Waals surface area contributed by atoms with Gasteiger partial charge in [-0.1, -0.05) is 19.4 Å². The van der Waals surface area contributed by atoms with E-state index in [0.29, 0.717) is 6.42 Å². The zero-order valence-electron chi connectivity index (χ0n) is 16.0. The molecule has 0 aromatic rings. The summed E-state index contributed by atoms with van der Waals surface area (Å²) >= 11 is 0. The van der Waals surface area contributed by atoms with Crippen molar-refractivity contribution in [3.05, 3.63) is 11.6 Å². The number of fused-ring (bicyclic) bond motifs is 2. The number of carboxylic acid groups (broad SMARTS) is 1. The second-order valence-electron chi connectivity index (χ2n) is 8.92. The molecule has 2 aliphatic carbocycles. The van der Waals surface area contributed by atoms with E-state index in [0.717, 1.165) is 5.57 Å². The first kappa shape index (κ1) is 19.1. The summed E-state index contributed by atoms with van der Waals surface area (Å²) in [6.45, 7) is 4.98. The highest BCUT2D eigenvalue weighted by Gasteiger charge is 2.75. The molecule has 2 saturated heterocycles. The van der Waals surface area contributed by atoms with E-state index in [9.17, 15) is 29.4 Å². The number of carboxylic acids is 1. The fourth-order valence-corrected chi connectivity index (χ4v) is 6.47. The lowest BCUT2D eigenvalue weighted by molar-refractivity contribution is -0.230. The number of allylic oxidation sites excluding steroid dienone is 1. The number of ether oxygens (including phenoxy) is 2. The summed E-state index contributed by atoms with van der Waals surface area (Å²) in [5.41, 5.74) is -1.51. The molecule has 8 nitrogen and oxygen atoms in total. The van der Waals surface area contributed by atoms with Gasteiger partial charge < -0.3 is 19.7 Å². The van der Waals surface area contributed by atoms with E-state index in [2.05, 4.69) is 0 Å². The van der Waals surface area contributed by atoms with Gasteiger partial charge in [-0.15, -0.1) is 0 Å². The van der Waals surface area contributed by atoms with Crippen molar-refractivity contribution >= 4 is 23.7 Å². The zero-order chi connectivity index (χ0) is 20.6. The standard InChI is InChI=1S/C20H24O8/c1-8-4-12(21)16(24)19(3)10(8)5-13-20(7-27-18(26)15(19)20)11(6-14(22)23)9(2)17(25)28-13/h4,9-11,13,15-16,24H,5-7H2,1-3H3,(H,22,23)/t9-,10+,11+,13-,15-,16+,19+,20-/m1/s1. The minimum atomic E-state index is -1.41. The molecular weight excluding hydrogens is 368 g/mol. The Labute approximate surface area is 161 Å². The van der Waals surface area contributed by atoms with Crippen molar-refractivity contribution in [1.29, 1.82) is 0 Å². The number of ketones is 1. The molecule has 4 aliphatic rings. The lowest BCUT2D eigenvalue weighted by Crippen LogP contribution is -2.69. The van der Waals surface area contributed by atoms with Crippen LogP contribution in [0.3, 0.4) is 0 Å². The maximum Gasteiger partial charge on any atom is 0.310 e. The molecule has 3 fully saturated rings. The van der Waals surface area contributed by atoms with Crippen molar-refractivity contribution in [1.82, 2.24) is 0 Å². The number of aliphatic hydroxyl groups is 1. The van der Waals surface area contributed by atoms with E-state index in [1.165, 1.54) is 6.08 Å². The van der Waals surface area contributed by atoms with Gasteiger partial charge in [0.05, 0.1) is 17.3 Å². The lowest BCUT2D eigenvalue weighted by Gasteiger charge is -2.61. The van der Waals surface area contributed by atoms with Gasteiger partial charge in [0.15, 0.2) is 5.78 Å². The van der Waals surface area contributed by atoms with Crippen LogP contribution in [0.5, 0.6) is 0 Å². The molecular formula is C20H24O8. The normalized spacial score (nSPS) is 47.3. The Kier molecular flexibility index (Phi) is 4.02. The maximum absolute atomic E-state index is 12.9. The average molecular weight is 392 g/mol. The van der Waals surface area contributed by atoms with Gasteiger partial charge in [0, 0.05) is 11.8 Å². The highest BCUT2D eigenvalue weighted by Crippen LogP contribution is 2.67. The summed E-state index contributed by atoms with van der Waals surface area (Å²) < 4.78 is 11.1. The van der Waals surface area contributed by atoms with Crippen LogP contribution < -0.4 is 0 Å². The Morgan fingerprint density at radius 2 is 1.96 bits per heavy atom. The van der Waals surface area contributed by atoms with E-state index < -0.39 is 64.5 Å². The molecule has 152 valence electrons. The van der Waals surface area contributed by atoms with Crippen molar-refractivity contribution in [2.45, 2.75) is 45.8 Å². The highest BCUT2D eigenvalue weighted by atomic mass is 16.6. The second-order valence-corrected chi connectivity index (χ2v) is 8.92. The number of carbonyl (C=O) groups excluding carboxylic acids is 3. The summed E-state index contributed by atoms with van der Waals surface area (Å²) in [5, 5.41) is 20.3. The Balaban J connectivity index is 1.93. The Morgan fingerprint density at radius 3 is 2.61 bits per heavy atom. The topological polar surface area (TPSA) is 127 Å². The molecule has 8 atom stereocenters. The van der Waals surface area contributed by atoms with Gasteiger partial charge in [-0.3, -0.25) is 19.2 Å². The third-order valence-electron chi connectivity index (χ3n) is 7.76. The van der Waals surface area contributed by atoms with Crippen LogP contribution in [0.1, 0.15) is 33.6 Å². The van der Waals surface area contributed by atoms with Gasteiger partial charge in [-0.25, -0.2) is 0 Å². The molecule has 0 bridgehead atoms. The first-order chi connectivity index (χ1) is 13.0. The van der Waals surface area contributed by atoms with Gasteiger partial charge in [0.25, 0.3) is 0 Å². The van der Waals surface area contributed by atoms with Crippen LogP contribution in [0.15, 0.2) is 11.6 Å². The molecule has 4 rings (SSSR count). The molecule has 1 spiro atoms. The van der Waals surface area contributed by atoms with Gasteiger partial charge in [0.1, 0.15) is 18.8 Å². The summed E-state index contributed by atoms with van der Waals surface area (Å²) in [6, 6.07) is 0. The summed E-state index contributed by atoms with van der Waals surface area (Å²) in [6.07, 6.45) is -0.747. The molecule has 0 aromatic heterocycles. The fraction of sp³-hybridized carbons (Fsp3) is 0.700. The van der Waals surface area contributed by atoms with Gasteiger partial charge in [0.2, 0.25) is 0 Å². The van der Waals surface area contributed by atoms with Crippen LogP contribution >= 0.6 is 0 Å².